The van der Waals surface area contributed by atoms with E-state index in [1.165, 1.54) is 0 Å². The molecule has 0 saturated heterocycles. The Kier molecular flexibility index (Phi) is 4.53. The molecule has 0 aromatic heterocycles. The van der Waals surface area contributed by atoms with Gasteiger partial charge in [0.25, 0.3) is 0 Å². The van der Waals surface area contributed by atoms with Gasteiger partial charge in [-0.15, -0.1) is 0 Å². The Morgan fingerprint density at radius 1 is 1.33 bits per heavy atom. The predicted molar refractivity (Wildman–Crippen MR) is 29.4 cm³/mol. The number of unbranched alkanes of at least 4 members (excludes halogenated alkanes) is 1. The molecule has 0 bridgehead atoms. The second kappa shape index (κ2) is 4.74. The van der Waals surface area contributed by atoms with Crippen molar-refractivity contribution in [3.63, 3.8) is 0 Å². The van der Waals surface area contributed by atoms with E-state index in [0.717, 1.165) is 6.42 Å². The second-order valence-corrected chi connectivity index (χ2v) is 1.21. The van der Waals surface area contributed by atoms with Crippen molar-refractivity contribution < 1.29 is 0 Å². The van der Waals surface area contributed by atoms with Gasteiger partial charge in [0.1, 0.15) is 0 Å². The molecule has 0 spiro atoms. The average Bonchev–Trinajstić information content (AvgIpc) is 1.61. The van der Waals surface area contributed by atoms with Gasteiger partial charge in [-0.2, -0.15) is 0 Å². The lowest BCUT2D eigenvalue weighted by atomic mass is 10.3. The minimum absolute atomic E-state index is 1.11. The molecule has 0 fully saturated rings. The highest BCUT2D eigenvalue weighted by molar-refractivity contribution is 4.81. The van der Waals surface area contributed by atoms with Crippen LogP contribution in [0.1, 0.15) is 20.3 Å². The molecule has 0 aliphatic heterocycles. The Labute approximate surface area is 39.9 Å². The quantitative estimate of drug-likeness (QED) is 0.449. The van der Waals surface area contributed by atoms with E-state index in [4.69, 9.17) is 0 Å². The summed E-state index contributed by atoms with van der Waals surface area (Å²) >= 11 is 0. The van der Waals surface area contributed by atoms with Gasteiger partial charge >= 0.3 is 0 Å². The maximum absolute atomic E-state index is 2.12. The molecule has 0 N–H and O–H groups in total. The van der Waals surface area contributed by atoms with Crippen molar-refractivity contribution >= 4 is 0 Å². The monoisotopic (exact) mass is 83.1 g/mol. The first-order valence-corrected chi connectivity index (χ1v) is 2.30. The molecule has 0 aliphatic rings. The molecule has 0 heterocycles. The van der Waals surface area contributed by atoms with Crippen LogP contribution in [0.15, 0.2) is 12.2 Å². The standard InChI is InChI=1S/C6H11/c1-3-5-6-4-2/h3-5H,6H2,1-2H3/b5-3-. The van der Waals surface area contributed by atoms with Crippen LogP contribution in [0.3, 0.4) is 0 Å². The van der Waals surface area contributed by atoms with Crippen LogP contribution in [0, 0.1) is 6.42 Å². The molecule has 0 amide bonds. The van der Waals surface area contributed by atoms with Gasteiger partial charge in [-0.25, -0.2) is 0 Å². The third-order valence-corrected chi connectivity index (χ3v) is 0.607. The fraction of sp³-hybridized carbons (Fsp3) is 0.500. The lowest BCUT2D eigenvalue weighted by molar-refractivity contribution is 1.21. The minimum atomic E-state index is 1.11. The minimum Gasteiger partial charge on any atom is -0.0917 e. The normalized spacial score (nSPS) is 10.3. The Morgan fingerprint density at radius 2 is 2.00 bits per heavy atom. The predicted octanol–water partition coefficient (Wildman–Crippen LogP) is 2.18. The number of rotatable bonds is 2. The first-order chi connectivity index (χ1) is 2.91. The van der Waals surface area contributed by atoms with Crippen molar-refractivity contribution in [2.45, 2.75) is 20.3 Å². The summed E-state index contributed by atoms with van der Waals surface area (Å²) in [5.74, 6) is 0. The molecule has 1 radical (unpaired) electrons. The molecule has 0 rings (SSSR count). The maximum Gasteiger partial charge on any atom is -0.0322 e. The van der Waals surface area contributed by atoms with E-state index in [-0.39, 0.29) is 0 Å². The fourth-order valence-electron chi connectivity index (χ4n) is 0.272. The van der Waals surface area contributed by atoms with Gasteiger partial charge in [0, 0.05) is 0 Å². The van der Waals surface area contributed by atoms with Crippen LogP contribution < -0.4 is 0 Å². The third-order valence-electron chi connectivity index (χ3n) is 0.607. The summed E-state index contributed by atoms with van der Waals surface area (Å²) < 4.78 is 0. The first kappa shape index (κ1) is 5.74. The summed E-state index contributed by atoms with van der Waals surface area (Å²) in [6.45, 7) is 4.09. The van der Waals surface area contributed by atoms with Crippen molar-refractivity contribution in [3.8, 4) is 0 Å². The smallest absolute Gasteiger partial charge is 0.0322 e. The van der Waals surface area contributed by atoms with Gasteiger partial charge in [0.05, 0.1) is 0 Å². The molecule has 0 aromatic carbocycles. The summed E-state index contributed by atoms with van der Waals surface area (Å²) in [6.07, 6.45) is 7.41. The third kappa shape index (κ3) is 3.74. The van der Waals surface area contributed by atoms with Gasteiger partial charge in [-0.05, 0) is 19.8 Å². The molecule has 35 valence electrons. The molecule has 0 aliphatic carbocycles. The van der Waals surface area contributed by atoms with Gasteiger partial charge < -0.3 is 0 Å². The highest BCUT2D eigenvalue weighted by atomic mass is 13.7. The Balaban J connectivity index is 2.66. The van der Waals surface area contributed by atoms with Crippen LogP contribution in [0.5, 0.6) is 0 Å². The number of allylic oxidation sites excluding steroid dienone is 2. The SMILES string of the molecule is C[CH]C/C=C\C. The number of hydrogen-bond donors (Lipinski definition) is 0. The molecular formula is C6H11. The highest BCUT2D eigenvalue weighted by Gasteiger charge is 1.65. The van der Waals surface area contributed by atoms with Crippen LogP contribution in [0.25, 0.3) is 0 Å². The van der Waals surface area contributed by atoms with Crippen LogP contribution in [-0.2, 0) is 0 Å². The lowest BCUT2D eigenvalue weighted by Crippen LogP contribution is -1.57. The van der Waals surface area contributed by atoms with Crippen LogP contribution in [0.2, 0.25) is 0 Å². The van der Waals surface area contributed by atoms with Crippen molar-refractivity contribution in [3.05, 3.63) is 18.6 Å². The molecule has 0 aromatic rings. The molecule has 0 saturated carbocycles. The second-order valence-electron chi connectivity index (χ2n) is 1.21. The van der Waals surface area contributed by atoms with E-state index in [1.807, 2.05) is 6.92 Å². The van der Waals surface area contributed by atoms with E-state index in [0.29, 0.717) is 0 Å². The maximum atomic E-state index is 2.12. The lowest BCUT2D eigenvalue weighted by Gasteiger charge is -1.75. The summed E-state index contributed by atoms with van der Waals surface area (Å²) in [4.78, 5) is 0. The topological polar surface area (TPSA) is 0 Å². The Hall–Kier alpha value is -0.260. The first-order valence-electron chi connectivity index (χ1n) is 2.30. The summed E-state index contributed by atoms with van der Waals surface area (Å²) in [6, 6.07) is 0. The van der Waals surface area contributed by atoms with Crippen molar-refractivity contribution in [1.82, 2.24) is 0 Å². The van der Waals surface area contributed by atoms with E-state index >= 15 is 0 Å². The van der Waals surface area contributed by atoms with Crippen molar-refractivity contribution in [1.29, 1.82) is 0 Å². The molecule has 6 heavy (non-hydrogen) atoms. The van der Waals surface area contributed by atoms with E-state index in [2.05, 4.69) is 25.5 Å². The molecule has 0 nitrogen and oxygen atoms in total. The van der Waals surface area contributed by atoms with E-state index in [1.54, 1.807) is 0 Å². The van der Waals surface area contributed by atoms with Crippen LogP contribution in [-0.4, -0.2) is 0 Å². The molecule has 0 unspecified atom stereocenters. The van der Waals surface area contributed by atoms with Crippen LogP contribution in [0.4, 0.5) is 0 Å². The number of hydrogen-bond acceptors (Lipinski definition) is 0. The van der Waals surface area contributed by atoms with Crippen molar-refractivity contribution in [2.24, 2.45) is 0 Å². The average molecular weight is 83.2 g/mol. The van der Waals surface area contributed by atoms with Gasteiger partial charge in [-0.3, -0.25) is 0 Å². The van der Waals surface area contributed by atoms with E-state index in [9.17, 15) is 0 Å². The molecule has 0 heteroatoms. The zero-order valence-electron chi connectivity index (χ0n) is 4.44. The summed E-state index contributed by atoms with van der Waals surface area (Å²) in [7, 11) is 0. The van der Waals surface area contributed by atoms with Gasteiger partial charge in [-0.1, -0.05) is 19.1 Å². The Morgan fingerprint density at radius 3 is 2.17 bits per heavy atom. The molecule has 0 atom stereocenters. The van der Waals surface area contributed by atoms with Gasteiger partial charge in [0.15, 0.2) is 0 Å². The van der Waals surface area contributed by atoms with E-state index < -0.39 is 0 Å². The molecular weight excluding hydrogens is 72.1 g/mol. The van der Waals surface area contributed by atoms with Gasteiger partial charge in [0.2, 0.25) is 0 Å². The fourth-order valence-corrected chi connectivity index (χ4v) is 0.272. The van der Waals surface area contributed by atoms with Crippen molar-refractivity contribution in [2.75, 3.05) is 0 Å². The summed E-state index contributed by atoms with van der Waals surface area (Å²) in [5.41, 5.74) is 0. The highest BCUT2D eigenvalue weighted by Crippen LogP contribution is 1.83. The zero-order chi connectivity index (χ0) is 4.83. The van der Waals surface area contributed by atoms with Crippen LogP contribution >= 0.6 is 0 Å². The Bertz CT molecular complexity index is 35.3. The largest absolute Gasteiger partial charge is 0.0917 e. The zero-order valence-corrected chi connectivity index (χ0v) is 4.44. The summed E-state index contributed by atoms with van der Waals surface area (Å²) in [5, 5.41) is 0.